The normalized spacial score (nSPS) is 23.3. The number of halogens is 1. The van der Waals surface area contributed by atoms with Crippen LogP contribution in [0.3, 0.4) is 0 Å². The number of rotatable bonds is 4. The summed E-state index contributed by atoms with van der Waals surface area (Å²) >= 11 is 7.24. The van der Waals surface area contributed by atoms with Crippen LogP contribution in [-0.4, -0.2) is 28.3 Å². The summed E-state index contributed by atoms with van der Waals surface area (Å²) in [7, 11) is 0. The number of benzene rings is 1. The van der Waals surface area contributed by atoms with Crippen molar-refractivity contribution < 1.29 is 9.59 Å². The van der Waals surface area contributed by atoms with Crippen LogP contribution >= 0.6 is 23.4 Å². The van der Waals surface area contributed by atoms with Gasteiger partial charge in [0.2, 0.25) is 11.8 Å². The Kier molecular flexibility index (Phi) is 5.23. The predicted octanol–water partition coefficient (Wildman–Crippen LogP) is 3.20. The minimum atomic E-state index is -0.422. The molecular formula is C16H18ClN3O2S. The lowest BCUT2D eigenvalue weighted by atomic mass is 10.2. The van der Waals surface area contributed by atoms with Gasteiger partial charge in [-0.3, -0.25) is 14.6 Å². The van der Waals surface area contributed by atoms with E-state index in [-0.39, 0.29) is 18.2 Å². The molecule has 2 N–H and O–H groups in total. The average Bonchev–Trinajstić information content (AvgIpc) is 3.10. The van der Waals surface area contributed by atoms with E-state index in [1.807, 2.05) is 0 Å². The molecule has 0 bridgehead atoms. The lowest BCUT2D eigenvalue weighted by Gasteiger charge is -2.07. The minimum Gasteiger partial charge on any atom is -0.326 e. The van der Waals surface area contributed by atoms with Gasteiger partial charge in [0.05, 0.1) is 6.04 Å². The minimum absolute atomic E-state index is 0.118. The Hall–Kier alpha value is -1.53. The molecular weight excluding hydrogens is 334 g/mol. The van der Waals surface area contributed by atoms with Crippen molar-refractivity contribution >= 4 is 46.0 Å². The van der Waals surface area contributed by atoms with Crippen molar-refractivity contribution in [3.05, 3.63) is 29.3 Å². The fourth-order valence-electron chi connectivity index (χ4n) is 2.75. The second kappa shape index (κ2) is 7.36. The first kappa shape index (κ1) is 16.3. The largest absolute Gasteiger partial charge is 0.326 e. The molecule has 0 radical (unpaired) electrons. The summed E-state index contributed by atoms with van der Waals surface area (Å²) in [6.45, 7) is 0. The fourth-order valence-corrected chi connectivity index (χ4v) is 3.98. The number of carbonyl (C=O) groups is 2. The third-order valence-corrected chi connectivity index (χ3v) is 5.21. The maximum atomic E-state index is 12.1. The van der Waals surface area contributed by atoms with Crippen molar-refractivity contribution in [3.8, 4) is 0 Å². The molecule has 2 fully saturated rings. The molecule has 1 aromatic carbocycles. The highest BCUT2D eigenvalue weighted by atomic mass is 35.5. The Labute approximate surface area is 144 Å². The first-order chi connectivity index (χ1) is 11.1. The molecule has 2 amide bonds. The molecule has 122 valence electrons. The van der Waals surface area contributed by atoms with E-state index in [0.29, 0.717) is 21.9 Å². The molecule has 1 atom stereocenters. The van der Waals surface area contributed by atoms with Gasteiger partial charge in [-0.1, -0.05) is 42.3 Å². The standard InChI is InChI=1S/C16H18ClN3O2S/c17-10-4-3-7-12(8-10)18-14(21)9-13-15(22)20-16(23-13)19-11-5-1-2-6-11/h3-4,7-8,11,13H,1-2,5-6,9H2,(H,18,21)(H,19,20,22). The van der Waals surface area contributed by atoms with Gasteiger partial charge in [-0.15, -0.1) is 0 Å². The smallest absolute Gasteiger partial charge is 0.240 e. The highest BCUT2D eigenvalue weighted by molar-refractivity contribution is 8.15. The quantitative estimate of drug-likeness (QED) is 0.875. The molecule has 7 heteroatoms. The zero-order chi connectivity index (χ0) is 16.2. The SMILES string of the molecule is O=C(CC1SC(=NC2CCCC2)NC1=O)Nc1cccc(Cl)c1. The maximum absolute atomic E-state index is 12.1. The highest BCUT2D eigenvalue weighted by Gasteiger charge is 2.32. The van der Waals surface area contributed by atoms with Crippen LogP contribution < -0.4 is 10.6 Å². The number of amides is 2. The van der Waals surface area contributed by atoms with Crippen LogP contribution in [0.2, 0.25) is 5.02 Å². The molecule has 1 saturated carbocycles. The van der Waals surface area contributed by atoms with Gasteiger partial charge in [0, 0.05) is 17.1 Å². The highest BCUT2D eigenvalue weighted by Crippen LogP contribution is 2.27. The molecule has 0 spiro atoms. The van der Waals surface area contributed by atoms with Crippen LogP contribution in [0.4, 0.5) is 5.69 Å². The van der Waals surface area contributed by atoms with Gasteiger partial charge in [-0.2, -0.15) is 0 Å². The number of hydrogen-bond acceptors (Lipinski definition) is 4. The van der Waals surface area contributed by atoms with E-state index in [1.165, 1.54) is 24.6 Å². The third kappa shape index (κ3) is 4.48. The summed E-state index contributed by atoms with van der Waals surface area (Å²) in [6, 6.07) is 7.26. The zero-order valence-electron chi connectivity index (χ0n) is 12.5. The number of hydrogen-bond donors (Lipinski definition) is 2. The van der Waals surface area contributed by atoms with Gasteiger partial charge in [0.1, 0.15) is 5.25 Å². The molecule has 1 aromatic rings. The number of aliphatic imine (C=N–C) groups is 1. The second-order valence-corrected chi connectivity index (χ2v) is 7.36. The topological polar surface area (TPSA) is 70.6 Å². The summed E-state index contributed by atoms with van der Waals surface area (Å²) in [4.78, 5) is 28.7. The van der Waals surface area contributed by atoms with Crippen molar-refractivity contribution in [2.24, 2.45) is 4.99 Å². The molecule has 1 heterocycles. The molecule has 1 saturated heterocycles. The van der Waals surface area contributed by atoms with Crippen LogP contribution in [0.25, 0.3) is 0 Å². The van der Waals surface area contributed by atoms with Crippen molar-refractivity contribution in [1.29, 1.82) is 0 Å². The van der Waals surface area contributed by atoms with E-state index < -0.39 is 5.25 Å². The van der Waals surface area contributed by atoms with Gasteiger partial charge in [0.25, 0.3) is 0 Å². The Morgan fingerprint density at radius 1 is 1.39 bits per heavy atom. The van der Waals surface area contributed by atoms with Crippen LogP contribution in [-0.2, 0) is 9.59 Å². The number of nitrogens with one attached hydrogen (secondary N) is 2. The lowest BCUT2D eigenvalue weighted by Crippen LogP contribution is -2.28. The van der Waals surface area contributed by atoms with Crippen molar-refractivity contribution in [2.75, 3.05) is 5.32 Å². The third-order valence-electron chi connectivity index (χ3n) is 3.88. The number of thioether (sulfide) groups is 1. The first-order valence-corrected chi connectivity index (χ1v) is 8.96. The molecule has 2 aliphatic rings. The van der Waals surface area contributed by atoms with E-state index in [0.717, 1.165) is 12.8 Å². The molecule has 1 unspecified atom stereocenters. The van der Waals surface area contributed by atoms with Crippen molar-refractivity contribution in [1.82, 2.24) is 5.32 Å². The number of nitrogens with zero attached hydrogens (tertiary/aromatic N) is 1. The van der Waals surface area contributed by atoms with Gasteiger partial charge in [0.15, 0.2) is 5.17 Å². The van der Waals surface area contributed by atoms with Gasteiger partial charge in [-0.25, -0.2) is 0 Å². The van der Waals surface area contributed by atoms with Crippen LogP contribution in [0.5, 0.6) is 0 Å². The summed E-state index contributed by atoms with van der Waals surface area (Å²) in [5, 5.41) is 6.33. The van der Waals surface area contributed by atoms with Gasteiger partial charge in [-0.05, 0) is 31.0 Å². The molecule has 1 aliphatic heterocycles. The van der Waals surface area contributed by atoms with E-state index >= 15 is 0 Å². The monoisotopic (exact) mass is 351 g/mol. The lowest BCUT2D eigenvalue weighted by molar-refractivity contribution is -0.122. The molecule has 0 aromatic heterocycles. The van der Waals surface area contributed by atoms with Crippen LogP contribution in [0.15, 0.2) is 29.3 Å². The van der Waals surface area contributed by atoms with E-state index in [2.05, 4.69) is 15.6 Å². The maximum Gasteiger partial charge on any atom is 0.240 e. The van der Waals surface area contributed by atoms with E-state index in [1.54, 1.807) is 24.3 Å². The van der Waals surface area contributed by atoms with E-state index in [9.17, 15) is 9.59 Å². The van der Waals surface area contributed by atoms with Crippen LogP contribution in [0, 0.1) is 0 Å². The number of amidine groups is 1. The fraction of sp³-hybridized carbons (Fsp3) is 0.438. The Bertz CT molecular complexity index is 644. The second-order valence-electron chi connectivity index (χ2n) is 5.73. The zero-order valence-corrected chi connectivity index (χ0v) is 14.1. The Morgan fingerprint density at radius 2 is 2.17 bits per heavy atom. The van der Waals surface area contributed by atoms with Gasteiger partial charge < -0.3 is 10.6 Å². The van der Waals surface area contributed by atoms with Crippen molar-refractivity contribution in [2.45, 2.75) is 43.4 Å². The molecule has 1 aliphatic carbocycles. The molecule has 3 rings (SSSR count). The number of anilines is 1. The predicted molar refractivity (Wildman–Crippen MR) is 93.9 cm³/mol. The van der Waals surface area contributed by atoms with Gasteiger partial charge >= 0.3 is 0 Å². The Balaban J connectivity index is 1.55. The number of carbonyl (C=O) groups excluding carboxylic acids is 2. The summed E-state index contributed by atoms with van der Waals surface area (Å²) in [5.74, 6) is -0.352. The van der Waals surface area contributed by atoms with Crippen molar-refractivity contribution in [3.63, 3.8) is 0 Å². The Morgan fingerprint density at radius 3 is 2.91 bits per heavy atom. The average molecular weight is 352 g/mol. The molecule has 5 nitrogen and oxygen atoms in total. The van der Waals surface area contributed by atoms with E-state index in [4.69, 9.17) is 11.6 Å². The summed E-state index contributed by atoms with van der Waals surface area (Å²) < 4.78 is 0. The molecule has 23 heavy (non-hydrogen) atoms. The summed E-state index contributed by atoms with van der Waals surface area (Å²) in [5.41, 5.74) is 0.630. The summed E-state index contributed by atoms with van der Waals surface area (Å²) in [6.07, 6.45) is 4.68. The first-order valence-electron chi connectivity index (χ1n) is 7.71. The van der Waals surface area contributed by atoms with Crippen LogP contribution in [0.1, 0.15) is 32.1 Å².